The van der Waals surface area contributed by atoms with E-state index >= 15 is 0 Å². The number of ether oxygens (including phenoxy) is 1. The molecule has 1 unspecified atom stereocenters. The SMILES string of the molecule is Cc1ccc(S(=O)(=O)OCC2CC(C)(C)O2)cc1. The van der Waals surface area contributed by atoms with E-state index in [9.17, 15) is 8.42 Å². The Kier molecular flexibility index (Phi) is 3.49. The second-order valence-corrected chi connectivity index (χ2v) is 6.87. The maximum Gasteiger partial charge on any atom is 0.297 e. The van der Waals surface area contributed by atoms with E-state index in [0.717, 1.165) is 12.0 Å². The third-order valence-electron chi connectivity index (χ3n) is 2.92. The molecule has 0 bridgehead atoms. The van der Waals surface area contributed by atoms with Gasteiger partial charge in [0.15, 0.2) is 0 Å². The molecule has 5 heteroatoms. The lowest BCUT2D eigenvalue weighted by atomic mass is 9.94. The van der Waals surface area contributed by atoms with Crippen LogP contribution in [0.25, 0.3) is 0 Å². The molecule has 0 aliphatic carbocycles. The Morgan fingerprint density at radius 2 is 1.89 bits per heavy atom. The van der Waals surface area contributed by atoms with Crippen LogP contribution in [0.2, 0.25) is 0 Å². The average molecular weight is 270 g/mol. The van der Waals surface area contributed by atoms with Crippen molar-refractivity contribution in [3.8, 4) is 0 Å². The minimum absolute atomic E-state index is 0.0830. The lowest BCUT2D eigenvalue weighted by molar-refractivity contribution is -0.193. The lowest BCUT2D eigenvalue weighted by Gasteiger charge is -2.42. The highest BCUT2D eigenvalue weighted by atomic mass is 32.2. The summed E-state index contributed by atoms with van der Waals surface area (Å²) in [5, 5.41) is 0. The zero-order valence-electron chi connectivity index (χ0n) is 10.8. The molecule has 0 saturated carbocycles. The van der Waals surface area contributed by atoms with Gasteiger partial charge in [0, 0.05) is 6.42 Å². The largest absolute Gasteiger partial charge is 0.370 e. The fourth-order valence-corrected chi connectivity index (χ4v) is 2.96. The smallest absolute Gasteiger partial charge is 0.297 e. The summed E-state index contributed by atoms with van der Waals surface area (Å²) >= 11 is 0. The van der Waals surface area contributed by atoms with Crippen LogP contribution in [-0.2, 0) is 19.0 Å². The Balaban J connectivity index is 1.94. The Labute approximate surface area is 108 Å². The van der Waals surface area contributed by atoms with E-state index in [2.05, 4.69) is 0 Å². The summed E-state index contributed by atoms with van der Waals surface area (Å²) in [5.74, 6) is 0. The maximum atomic E-state index is 11.9. The van der Waals surface area contributed by atoms with Gasteiger partial charge in [-0.15, -0.1) is 0 Å². The van der Waals surface area contributed by atoms with Crippen molar-refractivity contribution in [3.05, 3.63) is 29.8 Å². The Morgan fingerprint density at radius 1 is 1.33 bits per heavy atom. The molecule has 0 amide bonds. The van der Waals surface area contributed by atoms with Crippen molar-refractivity contribution in [2.75, 3.05) is 6.61 Å². The van der Waals surface area contributed by atoms with Gasteiger partial charge in [0.2, 0.25) is 0 Å². The molecule has 1 fully saturated rings. The highest BCUT2D eigenvalue weighted by Crippen LogP contribution is 2.32. The normalized spacial score (nSPS) is 22.5. The van der Waals surface area contributed by atoms with Gasteiger partial charge in [-0.1, -0.05) is 17.7 Å². The molecular formula is C13H18O4S. The van der Waals surface area contributed by atoms with Crippen molar-refractivity contribution in [2.24, 2.45) is 0 Å². The van der Waals surface area contributed by atoms with Crippen LogP contribution in [0.5, 0.6) is 0 Å². The van der Waals surface area contributed by atoms with Crippen molar-refractivity contribution in [3.63, 3.8) is 0 Å². The highest BCUT2D eigenvalue weighted by Gasteiger charge is 2.38. The van der Waals surface area contributed by atoms with E-state index in [-0.39, 0.29) is 23.2 Å². The summed E-state index contributed by atoms with van der Waals surface area (Å²) in [5.41, 5.74) is 0.861. The fourth-order valence-electron chi connectivity index (χ4n) is 2.02. The van der Waals surface area contributed by atoms with Crippen molar-refractivity contribution in [1.82, 2.24) is 0 Å². The minimum Gasteiger partial charge on any atom is -0.370 e. The Morgan fingerprint density at radius 3 is 2.39 bits per heavy atom. The monoisotopic (exact) mass is 270 g/mol. The van der Waals surface area contributed by atoms with Gasteiger partial charge in [-0.3, -0.25) is 4.18 Å². The van der Waals surface area contributed by atoms with Gasteiger partial charge in [0.25, 0.3) is 10.1 Å². The molecule has 18 heavy (non-hydrogen) atoms. The van der Waals surface area contributed by atoms with Gasteiger partial charge in [0.1, 0.15) is 0 Å². The van der Waals surface area contributed by atoms with Gasteiger partial charge in [0.05, 0.1) is 23.2 Å². The Hall–Kier alpha value is -0.910. The standard InChI is InChI=1S/C13H18O4S/c1-10-4-6-12(7-5-10)18(14,15)16-9-11-8-13(2,3)17-11/h4-7,11H,8-9H2,1-3H3. The van der Waals surface area contributed by atoms with Crippen LogP contribution >= 0.6 is 0 Å². The van der Waals surface area contributed by atoms with E-state index in [4.69, 9.17) is 8.92 Å². The summed E-state index contributed by atoms with van der Waals surface area (Å²) < 4.78 is 34.2. The van der Waals surface area contributed by atoms with Crippen LogP contribution in [0.15, 0.2) is 29.2 Å². The molecule has 2 rings (SSSR count). The van der Waals surface area contributed by atoms with Gasteiger partial charge in [-0.2, -0.15) is 8.42 Å². The molecule has 1 aromatic carbocycles. The number of rotatable bonds is 4. The molecule has 100 valence electrons. The van der Waals surface area contributed by atoms with E-state index in [1.807, 2.05) is 20.8 Å². The first-order valence-electron chi connectivity index (χ1n) is 5.92. The van der Waals surface area contributed by atoms with Crippen LogP contribution < -0.4 is 0 Å². The topological polar surface area (TPSA) is 52.6 Å². The summed E-state index contributed by atoms with van der Waals surface area (Å²) in [6.45, 7) is 5.93. The molecule has 1 aliphatic heterocycles. The molecule has 1 aromatic rings. The maximum absolute atomic E-state index is 11.9. The second-order valence-electron chi connectivity index (χ2n) is 5.26. The van der Waals surface area contributed by atoms with Crippen LogP contribution in [0.1, 0.15) is 25.8 Å². The predicted molar refractivity (Wildman–Crippen MR) is 67.9 cm³/mol. The number of hydrogen-bond donors (Lipinski definition) is 0. The van der Waals surface area contributed by atoms with E-state index in [1.165, 1.54) is 0 Å². The second kappa shape index (κ2) is 4.64. The average Bonchev–Trinajstić information content (AvgIpc) is 2.24. The predicted octanol–water partition coefficient (Wildman–Crippen LogP) is 2.27. The van der Waals surface area contributed by atoms with Crippen molar-refractivity contribution in [1.29, 1.82) is 0 Å². The molecule has 1 saturated heterocycles. The third-order valence-corrected chi connectivity index (χ3v) is 4.22. The lowest BCUT2D eigenvalue weighted by Crippen LogP contribution is -2.48. The molecule has 1 aliphatic rings. The van der Waals surface area contributed by atoms with Crippen molar-refractivity contribution >= 4 is 10.1 Å². The first-order chi connectivity index (χ1) is 8.28. The quantitative estimate of drug-likeness (QED) is 0.788. The number of aryl methyl sites for hydroxylation is 1. The molecular weight excluding hydrogens is 252 g/mol. The zero-order valence-corrected chi connectivity index (χ0v) is 11.7. The van der Waals surface area contributed by atoms with E-state index < -0.39 is 10.1 Å². The number of benzene rings is 1. The van der Waals surface area contributed by atoms with Crippen molar-refractivity contribution in [2.45, 2.75) is 43.8 Å². The molecule has 0 radical (unpaired) electrons. The molecule has 1 atom stereocenters. The molecule has 4 nitrogen and oxygen atoms in total. The summed E-state index contributed by atoms with van der Waals surface area (Å²) in [6, 6.07) is 6.60. The zero-order chi connectivity index (χ0) is 13.4. The van der Waals surface area contributed by atoms with Crippen LogP contribution in [-0.4, -0.2) is 26.7 Å². The molecule has 0 spiro atoms. The van der Waals surface area contributed by atoms with Crippen LogP contribution in [0.4, 0.5) is 0 Å². The molecule has 0 N–H and O–H groups in total. The molecule has 0 aromatic heterocycles. The summed E-state index contributed by atoms with van der Waals surface area (Å²) in [4.78, 5) is 0.187. The Bertz CT molecular complexity index is 508. The first kappa shape index (κ1) is 13.5. The van der Waals surface area contributed by atoms with Gasteiger partial charge in [-0.25, -0.2) is 0 Å². The summed E-state index contributed by atoms with van der Waals surface area (Å²) in [7, 11) is -3.67. The van der Waals surface area contributed by atoms with E-state index in [0.29, 0.717) is 0 Å². The van der Waals surface area contributed by atoms with Gasteiger partial charge < -0.3 is 4.74 Å². The molecule has 1 heterocycles. The van der Waals surface area contributed by atoms with Crippen LogP contribution in [0, 0.1) is 6.92 Å². The van der Waals surface area contributed by atoms with Gasteiger partial charge in [-0.05, 0) is 32.9 Å². The van der Waals surface area contributed by atoms with Crippen molar-refractivity contribution < 1.29 is 17.3 Å². The fraction of sp³-hybridized carbons (Fsp3) is 0.538. The highest BCUT2D eigenvalue weighted by molar-refractivity contribution is 7.86. The first-order valence-corrected chi connectivity index (χ1v) is 7.33. The summed E-state index contributed by atoms with van der Waals surface area (Å²) in [6.07, 6.45) is 0.691. The van der Waals surface area contributed by atoms with E-state index in [1.54, 1.807) is 24.3 Å². The van der Waals surface area contributed by atoms with Gasteiger partial charge >= 0.3 is 0 Å². The number of hydrogen-bond acceptors (Lipinski definition) is 4. The minimum atomic E-state index is -3.67. The third kappa shape index (κ3) is 3.10. The van der Waals surface area contributed by atoms with Crippen LogP contribution in [0.3, 0.4) is 0 Å².